The number of amides is 5. The lowest BCUT2D eigenvalue weighted by Crippen LogP contribution is -2.63. The van der Waals surface area contributed by atoms with Gasteiger partial charge in [-0.25, -0.2) is 19.0 Å². The van der Waals surface area contributed by atoms with Gasteiger partial charge in [0.25, 0.3) is 12.3 Å². The molecule has 0 aliphatic carbocycles. The molecular weight excluding hydrogens is 1000 g/mol. The van der Waals surface area contributed by atoms with Crippen molar-refractivity contribution in [2.24, 2.45) is 11.3 Å². The number of benzene rings is 2. The lowest BCUT2D eigenvalue weighted by Gasteiger charge is -2.47. The first-order valence-electron chi connectivity index (χ1n) is 27.5. The highest BCUT2D eigenvalue weighted by atomic mass is 19.3. The van der Waals surface area contributed by atoms with Crippen molar-refractivity contribution in [3.05, 3.63) is 89.3 Å². The molecule has 2 aromatic carbocycles. The molecule has 0 saturated carbocycles. The number of esters is 1. The normalized spacial score (nSPS) is 20.8. The smallest absolute Gasteiger partial charge is 0.324 e. The van der Waals surface area contributed by atoms with Gasteiger partial charge in [-0.15, -0.1) is 0 Å². The summed E-state index contributed by atoms with van der Waals surface area (Å²) in [7, 11) is 7.08. The highest BCUT2D eigenvalue weighted by molar-refractivity contribution is 5.96. The van der Waals surface area contributed by atoms with E-state index in [2.05, 4.69) is 22.2 Å². The molecular formula is C59H79F2N9O8. The summed E-state index contributed by atoms with van der Waals surface area (Å²) in [5, 5.41) is 5.19. The number of nitrogens with zero attached hydrogens (tertiary/aromatic N) is 7. The number of aromatic nitrogens is 2. The number of hydrogen-bond acceptors (Lipinski definition) is 11. The number of hydrogen-bond donors (Lipinski definition) is 2. The first-order valence-corrected chi connectivity index (χ1v) is 27.5. The first-order chi connectivity index (χ1) is 37.1. The minimum atomic E-state index is -2.86. The molecule has 2 aromatic heterocycles. The monoisotopic (exact) mass is 1080 g/mol. The number of aryl methyl sites for hydroxylation is 1. The maximum atomic E-state index is 15.1. The van der Waals surface area contributed by atoms with Crippen molar-refractivity contribution >= 4 is 40.6 Å². The highest BCUT2D eigenvalue weighted by Crippen LogP contribution is 2.42. The molecule has 4 aliphatic rings. The van der Waals surface area contributed by atoms with E-state index in [-0.39, 0.29) is 43.2 Å². The van der Waals surface area contributed by atoms with Crippen LogP contribution < -0.4 is 10.7 Å². The summed E-state index contributed by atoms with van der Waals surface area (Å²) in [6, 6.07) is 10.9. The number of carbonyl (C=O) groups is 5. The Kier molecular flexibility index (Phi) is 18.1. The van der Waals surface area contributed by atoms with Crippen LogP contribution >= 0.6 is 0 Å². The fourth-order valence-corrected chi connectivity index (χ4v) is 11.7. The quantitative estimate of drug-likeness (QED) is 0.106. The summed E-state index contributed by atoms with van der Waals surface area (Å²) in [5.41, 5.74) is 7.64. The Morgan fingerprint density at radius 2 is 1.74 bits per heavy atom. The summed E-state index contributed by atoms with van der Waals surface area (Å²) in [5.74, 6) is -2.21. The number of likely N-dealkylation sites (tertiary alicyclic amines) is 1. The van der Waals surface area contributed by atoms with E-state index in [1.165, 1.54) is 22.0 Å². The molecule has 0 radical (unpaired) electrons. The summed E-state index contributed by atoms with van der Waals surface area (Å²) in [4.78, 5) is 83.0. The Balaban J connectivity index is 1.12. The van der Waals surface area contributed by atoms with Crippen molar-refractivity contribution in [1.29, 1.82) is 0 Å². The summed E-state index contributed by atoms with van der Waals surface area (Å²) in [6.45, 7) is 15.1. The number of urea groups is 1. The van der Waals surface area contributed by atoms with E-state index in [0.29, 0.717) is 94.7 Å². The zero-order valence-corrected chi connectivity index (χ0v) is 47.1. The molecule has 0 unspecified atom stereocenters. The third-order valence-corrected chi connectivity index (χ3v) is 15.8. The van der Waals surface area contributed by atoms with Crippen LogP contribution in [0.1, 0.15) is 102 Å². The Morgan fingerprint density at radius 3 is 2.44 bits per heavy atom. The van der Waals surface area contributed by atoms with Gasteiger partial charge < -0.3 is 43.7 Å². The number of pyridine rings is 1. The molecule has 3 saturated heterocycles. The van der Waals surface area contributed by atoms with Crippen LogP contribution in [0.25, 0.3) is 33.3 Å². The number of fused-ring (bicyclic) bond motifs is 6. The second-order valence-electron chi connectivity index (χ2n) is 22.9. The van der Waals surface area contributed by atoms with Crippen LogP contribution in [0, 0.1) is 11.3 Å². The van der Waals surface area contributed by atoms with Crippen molar-refractivity contribution < 1.29 is 47.0 Å². The van der Waals surface area contributed by atoms with E-state index in [1.807, 2.05) is 90.0 Å². The van der Waals surface area contributed by atoms with Crippen molar-refractivity contribution in [2.75, 3.05) is 80.7 Å². The van der Waals surface area contributed by atoms with Gasteiger partial charge in [0.1, 0.15) is 18.1 Å². The van der Waals surface area contributed by atoms with Gasteiger partial charge in [-0.2, -0.15) is 0 Å². The second-order valence-corrected chi connectivity index (χ2v) is 22.9. The van der Waals surface area contributed by atoms with Crippen LogP contribution in [0.4, 0.5) is 13.6 Å². The number of piperidine rings is 1. The van der Waals surface area contributed by atoms with Crippen molar-refractivity contribution in [1.82, 2.24) is 44.9 Å². The number of cyclic esters (lactones) is 1. The first kappa shape index (κ1) is 57.9. The lowest BCUT2D eigenvalue weighted by atomic mass is 9.84. The minimum absolute atomic E-state index is 0.0482. The number of morpholine rings is 1. The van der Waals surface area contributed by atoms with Crippen LogP contribution in [0.2, 0.25) is 0 Å². The van der Waals surface area contributed by atoms with Crippen LogP contribution in [-0.4, -0.2) is 168 Å². The molecule has 19 heteroatoms. The van der Waals surface area contributed by atoms with Gasteiger partial charge in [0, 0.05) is 99.6 Å². The SMILES string of the molecule is CCn1c(-c2cccnc2[C@H](C)OC)c2c3cc(ccc31)-c1cc(cc(C(F)F)c1)C[C@H](NC(=O)[C@H](C(C)C)N(C)C(=O)N1CCC3(CC1)CN(C(=O)/C=C/CN(C)C)CCO3)C(=O)N1CCC[C@H](N1)C(=O)OCC(C)(C)C2. The van der Waals surface area contributed by atoms with Crippen molar-refractivity contribution in [3.8, 4) is 22.4 Å². The fourth-order valence-electron chi connectivity index (χ4n) is 11.7. The number of halogens is 2. The number of rotatable bonds is 12. The molecule has 4 atom stereocenters. The van der Waals surface area contributed by atoms with Gasteiger partial charge in [0.05, 0.1) is 42.9 Å². The van der Waals surface area contributed by atoms with E-state index in [9.17, 15) is 24.0 Å². The zero-order valence-electron chi connectivity index (χ0n) is 47.1. The number of alkyl halides is 2. The third-order valence-electron chi connectivity index (χ3n) is 15.8. The minimum Gasteiger partial charge on any atom is -0.464 e. The molecule has 78 heavy (non-hydrogen) atoms. The Morgan fingerprint density at radius 1 is 0.987 bits per heavy atom. The predicted molar refractivity (Wildman–Crippen MR) is 294 cm³/mol. The van der Waals surface area contributed by atoms with E-state index in [0.717, 1.165) is 33.4 Å². The van der Waals surface area contributed by atoms with Gasteiger partial charge in [-0.05, 0) is 119 Å². The molecule has 6 heterocycles. The average Bonchev–Trinajstić information content (AvgIpc) is 3.80. The number of likely N-dealkylation sites (N-methyl/N-ethyl adjacent to an activating group) is 2. The molecule has 6 bridgehead atoms. The zero-order chi connectivity index (χ0) is 56.2. The van der Waals surface area contributed by atoms with Gasteiger partial charge in [-0.3, -0.25) is 29.2 Å². The fraction of sp³-hybridized carbons (Fsp3) is 0.559. The summed E-state index contributed by atoms with van der Waals surface area (Å²) >= 11 is 0. The molecule has 4 aliphatic heterocycles. The van der Waals surface area contributed by atoms with Gasteiger partial charge in [0.15, 0.2) is 0 Å². The van der Waals surface area contributed by atoms with Crippen LogP contribution in [0.15, 0.2) is 66.9 Å². The van der Waals surface area contributed by atoms with Gasteiger partial charge in [0.2, 0.25) is 11.8 Å². The molecule has 1 spiro atoms. The lowest BCUT2D eigenvalue weighted by molar-refractivity contribution is -0.155. The maximum absolute atomic E-state index is 15.1. The summed E-state index contributed by atoms with van der Waals surface area (Å²) < 4.78 is 50.7. The van der Waals surface area contributed by atoms with Crippen molar-refractivity contribution in [3.63, 3.8) is 0 Å². The number of nitrogens with one attached hydrogen (secondary N) is 2. The number of hydrazine groups is 1. The Bertz CT molecular complexity index is 2880. The van der Waals surface area contributed by atoms with Crippen LogP contribution in [0.5, 0.6) is 0 Å². The van der Waals surface area contributed by atoms with Crippen LogP contribution in [0.3, 0.4) is 0 Å². The molecule has 2 N–H and O–H groups in total. The van der Waals surface area contributed by atoms with Crippen LogP contribution in [-0.2, 0) is 52.8 Å². The Hall–Kier alpha value is -6.28. The topological polar surface area (TPSA) is 171 Å². The third kappa shape index (κ3) is 12.7. The standard InChI is InChI=1S/C59H79F2N9O8/c1-11-69-48-19-18-40-33-44(48)45(52(69)43-15-12-22-62-50(43)38(4)76-10)34-58(5,6)36-77-56(74)46-16-13-24-70(64-46)55(73)47(31-39-29-41(40)32-42(30-39)53(60)61)63-54(72)51(37(2)3)66(9)57(75)67-25-20-59(21-26-67)35-68(27-28-78-59)49(71)17-14-23-65(7)8/h12,14-15,17-19,22,29-30,32-33,37-38,46-47,51,53,64H,11,13,16,20-21,23-28,31,34-36H2,1-10H3,(H,63,72)/b17-14+/t38-,46-,47-,51-/m0/s1. The highest BCUT2D eigenvalue weighted by Gasteiger charge is 2.44. The largest absolute Gasteiger partial charge is 0.464 e. The summed E-state index contributed by atoms with van der Waals surface area (Å²) in [6.07, 6.45) is 4.06. The van der Waals surface area contributed by atoms with Gasteiger partial charge >= 0.3 is 12.0 Å². The van der Waals surface area contributed by atoms with Crippen molar-refractivity contribution in [2.45, 2.75) is 123 Å². The maximum Gasteiger partial charge on any atom is 0.324 e. The number of carbonyl (C=O) groups excluding carboxylic acids is 5. The van der Waals surface area contributed by atoms with E-state index < -0.39 is 59.3 Å². The number of ether oxygens (including phenoxy) is 3. The van der Waals surface area contributed by atoms with Gasteiger partial charge in [-0.1, -0.05) is 52.0 Å². The molecule has 17 nitrogen and oxygen atoms in total. The molecule has 5 amide bonds. The van der Waals surface area contributed by atoms with E-state index in [1.54, 1.807) is 42.3 Å². The predicted octanol–water partition coefficient (Wildman–Crippen LogP) is 7.57. The molecule has 4 aromatic rings. The molecule has 422 valence electrons. The number of methoxy groups -OCH3 is 1. The van der Waals surface area contributed by atoms with E-state index in [4.69, 9.17) is 19.2 Å². The second kappa shape index (κ2) is 24.4. The average molecular weight is 1080 g/mol. The Labute approximate surface area is 457 Å². The van der Waals surface area contributed by atoms with E-state index >= 15 is 8.78 Å². The molecule has 8 rings (SSSR count). The molecule has 3 fully saturated rings.